The molecule has 1 amide bonds. The van der Waals surface area contributed by atoms with Crippen LogP contribution >= 0.6 is 11.6 Å². The van der Waals surface area contributed by atoms with Gasteiger partial charge in [-0.15, -0.1) is 0 Å². The van der Waals surface area contributed by atoms with Crippen LogP contribution in [0.15, 0.2) is 18.2 Å². The zero-order valence-electron chi connectivity index (χ0n) is 16.3. The molecule has 7 nitrogen and oxygen atoms in total. The van der Waals surface area contributed by atoms with Gasteiger partial charge in [-0.05, 0) is 49.3 Å². The molecule has 1 aliphatic heterocycles. The van der Waals surface area contributed by atoms with E-state index in [1.54, 1.807) is 4.68 Å². The number of nitrogens with zero attached hydrogens (tertiary/aromatic N) is 4. The predicted octanol–water partition coefficient (Wildman–Crippen LogP) is 2.55. The van der Waals surface area contributed by atoms with Crippen LogP contribution in [0.5, 0.6) is 0 Å². The molecule has 0 radical (unpaired) electrons. The number of aromatic nitrogens is 2. The summed E-state index contributed by atoms with van der Waals surface area (Å²) in [6.45, 7) is 4.88. The molecule has 2 unspecified atom stereocenters. The van der Waals surface area contributed by atoms with E-state index >= 15 is 0 Å². The molecular formula is C21H23ClN4O3. The quantitative estimate of drug-likeness (QED) is 0.831. The Hall–Kier alpha value is -2.54. The number of carbonyl (C=O) groups excluding carboxylic acids is 1. The van der Waals surface area contributed by atoms with Gasteiger partial charge in [-0.25, -0.2) is 4.79 Å². The van der Waals surface area contributed by atoms with Crippen LogP contribution in [0.4, 0.5) is 5.69 Å². The molecule has 5 rings (SSSR count). The fourth-order valence-electron chi connectivity index (χ4n) is 4.84. The minimum atomic E-state index is -0.995. The normalized spacial score (nSPS) is 22.4. The smallest absolute Gasteiger partial charge is 0.356 e. The Balaban J connectivity index is 1.27. The average Bonchev–Trinajstić information content (AvgIpc) is 3.23. The summed E-state index contributed by atoms with van der Waals surface area (Å²) < 4.78 is 1.64. The number of rotatable bonds is 4. The number of aromatic carboxylic acids is 1. The second kappa shape index (κ2) is 6.76. The molecule has 2 heterocycles. The van der Waals surface area contributed by atoms with Gasteiger partial charge < -0.3 is 14.9 Å². The van der Waals surface area contributed by atoms with Gasteiger partial charge in [-0.2, -0.15) is 5.10 Å². The number of anilines is 1. The molecule has 152 valence electrons. The lowest BCUT2D eigenvalue weighted by Gasteiger charge is -2.37. The summed E-state index contributed by atoms with van der Waals surface area (Å²) in [6.07, 6.45) is 1.90. The third-order valence-corrected chi connectivity index (χ3v) is 6.96. The topological polar surface area (TPSA) is 78.7 Å². The Morgan fingerprint density at radius 1 is 1.24 bits per heavy atom. The van der Waals surface area contributed by atoms with Crippen LogP contribution in [0, 0.1) is 12.8 Å². The highest BCUT2D eigenvalue weighted by molar-refractivity contribution is 6.31. The fraction of sp³-hybridized carbons (Fsp3) is 0.476. The van der Waals surface area contributed by atoms with Crippen LogP contribution in [0.2, 0.25) is 5.02 Å². The van der Waals surface area contributed by atoms with Crippen molar-refractivity contribution in [1.29, 1.82) is 0 Å². The number of carboxylic acids is 1. The number of piperazine rings is 1. The number of hydrogen-bond donors (Lipinski definition) is 1. The molecule has 2 aliphatic carbocycles. The van der Waals surface area contributed by atoms with Gasteiger partial charge in [0.2, 0.25) is 5.91 Å². The second-order valence-electron chi connectivity index (χ2n) is 8.23. The van der Waals surface area contributed by atoms with E-state index in [0.29, 0.717) is 24.9 Å². The van der Waals surface area contributed by atoms with Gasteiger partial charge in [0, 0.05) is 48.1 Å². The standard InChI is InChI=1S/C21H23ClN4O3/c1-12-15(22)3-2-4-16(12)24-5-7-25(8-6-24)18(27)11-26-17-10-13-9-14(13)19(17)20(23-26)21(28)29/h2-4,13-14H,5-11H2,1H3,(H,28,29). The Labute approximate surface area is 173 Å². The molecule has 8 heteroatoms. The predicted molar refractivity (Wildman–Crippen MR) is 109 cm³/mol. The Morgan fingerprint density at radius 3 is 2.72 bits per heavy atom. The molecule has 1 saturated heterocycles. The van der Waals surface area contributed by atoms with E-state index in [2.05, 4.69) is 16.1 Å². The first kappa shape index (κ1) is 18.5. The Morgan fingerprint density at radius 2 is 2.00 bits per heavy atom. The second-order valence-corrected chi connectivity index (χ2v) is 8.64. The van der Waals surface area contributed by atoms with Crippen molar-refractivity contribution in [2.24, 2.45) is 5.92 Å². The Kier molecular flexibility index (Phi) is 4.31. The summed E-state index contributed by atoms with van der Waals surface area (Å²) in [6, 6.07) is 5.90. The number of benzene rings is 1. The molecule has 3 aliphatic rings. The van der Waals surface area contributed by atoms with E-state index < -0.39 is 5.97 Å². The summed E-state index contributed by atoms with van der Waals surface area (Å²) in [4.78, 5) is 28.5. The molecule has 0 spiro atoms. The van der Waals surface area contributed by atoms with Crippen molar-refractivity contribution in [3.63, 3.8) is 0 Å². The molecule has 1 aromatic carbocycles. The summed E-state index contributed by atoms with van der Waals surface area (Å²) in [5.41, 5.74) is 4.13. The van der Waals surface area contributed by atoms with E-state index in [0.717, 1.165) is 53.5 Å². The maximum absolute atomic E-state index is 12.9. The van der Waals surface area contributed by atoms with Gasteiger partial charge in [-0.3, -0.25) is 9.48 Å². The monoisotopic (exact) mass is 414 g/mol. The largest absolute Gasteiger partial charge is 0.476 e. The van der Waals surface area contributed by atoms with Crippen molar-refractivity contribution >= 4 is 29.2 Å². The van der Waals surface area contributed by atoms with Crippen molar-refractivity contribution in [2.75, 3.05) is 31.1 Å². The van der Waals surface area contributed by atoms with E-state index in [4.69, 9.17) is 11.6 Å². The number of hydrogen-bond acceptors (Lipinski definition) is 4. The van der Waals surface area contributed by atoms with Gasteiger partial charge in [0.15, 0.2) is 5.69 Å². The third-order valence-electron chi connectivity index (χ3n) is 6.55. The maximum atomic E-state index is 12.9. The SMILES string of the molecule is Cc1c(Cl)cccc1N1CCN(C(=O)Cn2nc(C(=O)O)c3c2CC2CC32)CC1. The van der Waals surface area contributed by atoms with Gasteiger partial charge in [0.25, 0.3) is 0 Å². The third kappa shape index (κ3) is 3.08. The first-order valence-corrected chi connectivity index (χ1v) is 10.4. The molecule has 1 aromatic heterocycles. The lowest BCUT2D eigenvalue weighted by Crippen LogP contribution is -2.50. The van der Waals surface area contributed by atoms with Crippen molar-refractivity contribution in [1.82, 2.24) is 14.7 Å². The first-order valence-electron chi connectivity index (χ1n) is 10.0. The number of carbonyl (C=O) groups is 2. The highest BCUT2D eigenvalue weighted by Gasteiger charge is 2.50. The number of carboxylic acid groups (broad SMARTS) is 1. The molecule has 29 heavy (non-hydrogen) atoms. The van der Waals surface area contributed by atoms with Gasteiger partial charge in [0.1, 0.15) is 6.54 Å². The van der Waals surface area contributed by atoms with Gasteiger partial charge >= 0.3 is 5.97 Å². The van der Waals surface area contributed by atoms with Crippen LogP contribution in [-0.4, -0.2) is 57.8 Å². The van der Waals surface area contributed by atoms with Crippen molar-refractivity contribution in [2.45, 2.75) is 32.2 Å². The zero-order chi connectivity index (χ0) is 20.3. The van der Waals surface area contributed by atoms with Crippen LogP contribution < -0.4 is 4.90 Å². The fourth-order valence-corrected chi connectivity index (χ4v) is 5.01. The number of halogens is 1. The molecule has 2 atom stereocenters. The zero-order valence-corrected chi connectivity index (χ0v) is 17.0. The van der Waals surface area contributed by atoms with Gasteiger partial charge in [0.05, 0.1) is 0 Å². The molecule has 2 fully saturated rings. The summed E-state index contributed by atoms with van der Waals surface area (Å²) >= 11 is 6.24. The van der Waals surface area contributed by atoms with E-state index in [-0.39, 0.29) is 18.1 Å². The highest BCUT2D eigenvalue weighted by atomic mass is 35.5. The number of amides is 1. The molecule has 1 N–H and O–H groups in total. The minimum absolute atomic E-state index is 0.00437. The molecule has 0 bridgehead atoms. The van der Waals surface area contributed by atoms with Crippen molar-refractivity contribution in [3.05, 3.63) is 45.7 Å². The lowest BCUT2D eigenvalue weighted by molar-refractivity contribution is -0.132. The van der Waals surface area contributed by atoms with Crippen LogP contribution in [0.1, 0.15) is 39.6 Å². The van der Waals surface area contributed by atoms with E-state index in [1.165, 1.54) is 0 Å². The molecule has 1 saturated carbocycles. The van der Waals surface area contributed by atoms with Crippen LogP contribution in [0.25, 0.3) is 0 Å². The van der Waals surface area contributed by atoms with E-state index in [9.17, 15) is 14.7 Å². The highest BCUT2D eigenvalue weighted by Crippen LogP contribution is 2.57. The van der Waals surface area contributed by atoms with Gasteiger partial charge in [-0.1, -0.05) is 17.7 Å². The molecule has 2 aromatic rings. The Bertz CT molecular complexity index is 1010. The summed E-state index contributed by atoms with van der Waals surface area (Å²) in [7, 11) is 0. The van der Waals surface area contributed by atoms with Crippen LogP contribution in [-0.2, 0) is 17.8 Å². The van der Waals surface area contributed by atoms with Crippen molar-refractivity contribution in [3.8, 4) is 0 Å². The average molecular weight is 415 g/mol. The molecular weight excluding hydrogens is 392 g/mol. The van der Waals surface area contributed by atoms with Crippen LogP contribution in [0.3, 0.4) is 0 Å². The van der Waals surface area contributed by atoms with Crippen molar-refractivity contribution < 1.29 is 14.7 Å². The minimum Gasteiger partial charge on any atom is -0.476 e. The maximum Gasteiger partial charge on any atom is 0.356 e. The van der Waals surface area contributed by atoms with E-state index in [1.807, 2.05) is 24.0 Å². The lowest BCUT2D eigenvalue weighted by atomic mass is 10.1. The number of fused-ring (bicyclic) bond motifs is 3. The first-order chi connectivity index (χ1) is 13.9. The summed E-state index contributed by atoms with van der Waals surface area (Å²) in [5.74, 6) is -0.114. The summed E-state index contributed by atoms with van der Waals surface area (Å²) in [5, 5.41) is 14.5.